The van der Waals surface area contributed by atoms with Crippen LogP contribution in [0.2, 0.25) is 0 Å². The minimum Gasteiger partial charge on any atom is -0.496 e. The first-order valence-corrected chi connectivity index (χ1v) is 11.7. The van der Waals surface area contributed by atoms with Crippen molar-refractivity contribution in [3.63, 3.8) is 0 Å². The number of methoxy groups -OCH3 is 1. The topological polar surface area (TPSA) is 94.3 Å². The van der Waals surface area contributed by atoms with Gasteiger partial charge in [-0.05, 0) is 39.2 Å². The summed E-state index contributed by atoms with van der Waals surface area (Å²) >= 11 is 2.84. The van der Waals surface area contributed by atoms with Gasteiger partial charge in [-0.2, -0.15) is 4.98 Å². The lowest BCUT2D eigenvalue weighted by molar-refractivity contribution is -0.115. The first kappa shape index (κ1) is 21.3. The average molecular weight is 455 g/mol. The highest BCUT2D eigenvalue weighted by molar-refractivity contribution is 7.98. The molecule has 0 atom stereocenters. The molecule has 4 rings (SSSR count). The van der Waals surface area contributed by atoms with Crippen LogP contribution in [0.15, 0.2) is 28.7 Å². The summed E-state index contributed by atoms with van der Waals surface area (Å²) in [5, 5.41) is 10.4. The highest BCUT2D eigenvalue weighted by Gasteiger charge is 2.17. The number of carbonyl (C=O) groups excluding carboxylic acids is 1. The van der Waals surface area contributed by atoms with Gasteiger partial charge in [-0.25, -0.2) is 14.5 Å². The summed E-state index contributed by atoms with van der Waals surface area (Å²) in [6.45, 7) is 5.83. The smallest absolute Gasteiger partial charge is 0.253 e. The fraction of sp³-hybridized carbons (Fsp3) is 0.286. The van der Waals surface area contributed by atoms with E-state index in [0.717, 1.165) is 39.5 Å². The molecule has 0 aliphatic heterocycles. The van der Waals surface area contributed by atoms with E-state index in [1.807, 2.05) is 50.6 Å². The van der Waals surface area contributed by atoms with Gasteiger partial charge in [0, 0.05) is 27.9 Å². The summed E-state index contributed by atoms with van der Waals surface area (Å²) in [6.07, 6.45) is 2.09. The molecule has 0 spiro atoms. The Morgan fingerprint density at radius 2 is 2.03 bits per heavy atom. The molecule has 3 aromatic heterocycles. The lowest BCUT2D eigenvalue weighted by Crippen LogP contribution is -2.17. The Bertz CT molecular complexity index is 1280. The maximum atomic E-state index is 12.8. The van der Waals surface area contributed by atoms with Crippen molar-refractivity contribution < 1.29 is 9.53 Å². The van der Waals surface area contributed by atoms with Crippen molar-refractivity contribution >= 4 is 39.9 Å². The van der Waals surface area contributed by atoms with E-state index in [4.69, 9.17) is 4.74 Å². The Morgan fingerprint density at radius 3 is 2.77 bits per heavy atom. The predicted molar refractivity (Wildman–Crippen MR) is 123 cm³/mol. The number of ether oxygens (including phenoxy) is 1. The number of benzene rings is 1. The molecular weight excluding hydrogens is 432 g/mol. The molecule has 0 aliphatic rings. The predicted octanol–water partition coefficient (Wildman–Crippen LogP) is 4.08. The summed E-state index contributed by atoms with van der Waals surface area (Å²) in [4.78, 5) is 26.2. The lowest BCUT2D eigenvalue weighted by Gasteiger charge is -2.10. The SMILES string of the molecule is COc1ccc(C)cc1-c1csc(NC(=O)Cc2c(C)nc3nc(SC)nn3c2C)n1. The molecule has 10 heteroatoms. The number of amides is 1. The molecule has 4 aromatic rings. The number of rotatable bonds is 6. The van der Waals surface area contributed by atoms with E-state index < -0.39 is 0 Å². The van der Waals surface area contributed by atoms with Gasteiger partial charge in [-0.1, -0.05) is 23.4 Å². The summed E-state index contributed by atoms with van der Waals surface area (Å²) in [6, 6.07) is 5.93. The zero-order valence-corrected chi connectivity index (χ0v) is 19.5. The van der Waals surface area contributed by atoms with Crippen LogP contribution in [0.25, 0.3) is 17.0 Å². The van der Waals surface area contributed by atoms with Crippen molar-refractivity contribution in [3.8, 4) is 17.0 Å². The van der Waals surface area contributed by atoms with Crippen LogP contribution in [0.1, 0.15) is 22.5 Å². The van der Waals surface area contributed by atoms with Gasteiger partial charge in [0.05, 0.1) is 19.2 Å². The molecular formula is C21H22N6O2S2. The van der Waals surface area contributed by atoms with Crippen molar-refractivity contribution in [2.24, 2.45) is 0 Å². The number of fused-ring (bicyclic) bond motifs is 1. The number of anilines is 1. The molecule has 0 fully saturated rings. The number of nitrogens with zero attached hydrogens (tertiary/aromatic N) is 5. The van der Waals surface area contributed by atoms with E-state index in [1.54, 1.807) is 11.6 Å². The standard InChI is InChI=1S/C21H22N6O2S2/c1-11-6-7-17(29-4)15(8-11)16-10-31-20(23-16)24-18(28)9-14-12(2)22-19-25-21(30-5)26-27(19)13(14)3/h6-8,10H,9H2,1-5H3,(H,23,24,28). The fourth-order valence-corrected chi connectivity index (χ4v) is 4.40. The van der Waals surface area contributed by atoms with Crippen molar-refractivity contribution in [2.45, 2.75) is 32.3 Å². The summed E-state index contributed by atoms with van der Waals surface area (Å²) < 4.78 is 7.14. The molecule has 0 radical (unpaired) electrons. The molecule has 1 N–H and O–H groups in total. The summed E-state index contributed by atoms with van der Waals surface area (Å²) in [5.74, 6) is 1.13. The van der Waals surface area contributed by atoms with E-state index in [2.05, 4.69) is 25.4 Å². The molecule has 160 valence electrons. The summed E-state index contributed by atoms with van der Waals surface area (Å²) in [7, 11) is 1.63. The number of nitrogens with one attached hydrogen (secondary N) is 1. The molecule has 31 heavy (non-hydrogen) atoms. The van der Waals surface area contributed by atoms with Gasteiger partial charge in [0.2, 0.25) is 11.1 Å². The zero-order valence-electron chi connectivity index (χ0n) is 17.9. The van der Waals surface area contributed by atoms with Crippen LogP contribution in [0, 0.1) is 20.8 Å². The molecule has 0 aliphatic carbocycles. The first-order valence-electron chi connectivity index (χ1n) is 9.56. The van der Waals surface area contributed by atoms with Gasteiger partial charge < -0.3 is 10.1 Å². The molecule has 1 aromatic carbocycles. The van der Waals surface area contributed by atoms with Crippen LogP contribution in [0.4, 0.5) is 5.13 Å². The fourth-order valence-electron chi connectivity index (χ4n) is 3.33. The van der Waals surface area contributed by atoms with Crippen molar-refractivity contribution in [1.29, 1.82) is 0 Å². The van der Waals surface area contributed by atoms with E-state index in [0.29, 0.717) is 16.1 Å². The quantitative estimate of drug-likeness (QED) is 0.439. The highest BCUT2D eigenvalue weighted by atomic mass is 32.2. The van der Waals surface area contributed by atoms with Crippen LogP contribution in [0.3, 0.4) is 0 Å². The van der Waals surface area contributed by atoms with Gasteiger partial charge in [0.1, 0.15) is 5.75 Å². The molecule has 0 unspecified atom stereocenters. The monoisotopic (exact) mass is 454 g/mol. The Morgan fingerprint density at radius 1 is 1.23 bits per heavy atom. The van der Waals surface area contributed by atoms with Crippen LogP contribution >= 0.6 is 23.1 Å². The first-order chi connectivity index (χ1) is 14.9. The maximum absolute atomic E-state index is 12.8. The van der Waals surface area contributed by atoms with Crippen molar-refractivity contribution in [1.82, 2.24) is 24.6 Å². The minimum atomic E-state index is -0.158. The lowest BCUT2D eigenvalue weighted by atomic mass is 10.1. The second-order valence-electron chi connectivity index (χ2n) is 7.04. The van der Waals surface area contributed by atoms with Gasteiger partial charge in [-0.15, -0.1) is 16.4 Å². The third-order valence-electron chi connectivity index (χ3n) is 4.93. The Hall–Kier alpha value is -2.98. The van der Waals surface area contributed by atoms with Gasteiger partial charge >= 0.3 is 0 Å². The Labute approximate surface area is 188 Å². The number of aryl methyl sites for hydroxylation is 3. The van der Waals surface area contributed by atoms with Gasteiger partial charge in [0.15, 0.2) is 5.13 Å². The molecule has 0 bridgehead atoms. The number of thiazole rings is 1. The molecule has 0 saturated heterocycles. The normalized spacial score (nSPS) is 11.1. The van der Waals surface area contributed by atoms with E-state index >= 15 is 0 Å². The van der Waals surface area contributed by atoms with Crippen molar-refractivity contribution in [2.75, 3.05) is 18.7 Å². The maximum Gasteiger partial charge on any atom is 0.253 e. The van der Waals surface area contributed by atoms with E-state index in [-0.39, 0.29) is 12.3 Å². The number of carbonyl (C=O) groups is 1. The Balaban J connectivity index is 1.55. The second kappa shape index (κ2) is 8.64. The average Bonchev–Trinajstić information content (AvgIpc) is 3.38. The number of hydrogen-bond acceptors (Lipinski definition) is 8. The van der Waals surface area contributed by atoms with E-state index in [1.165, 1.54) is 23.1 Å². The molecule has 3 heterocycles. The highest BCUT2D eigenvalue weighted by Crippen LogP contribution is 2.33. The largest absolute Gasteiger partial charge is 0.496 e. The third-order valence-corrected chi connectivity index (χ3v) is 6.23. The van der Waals surface area contributed by atoms with Crippen LogP contribution < -0.4 is 10.1 Å². The third kappa shape index (κ3) is 4.26. The van der Waals surface area contributed by atoms with Crippen LogP contribution in [-0.4, -0.2) is 43.8 Å². The molecule has 8 nitrogen and oxygen atoms in total. The number of thioether (sulfide) groups is 1. The van der Waals surface area contributed by atoms with Crippen molar-refractivity contribution in [3.05, 3.63) is 46.1 Å². The molecule has 1 amide bonds. The van der Waals surface area contributed by atoms with Gasteiger partial charge in [0.25, 0.3) is 5.78 Å². The minimum absolute atomic E-state index is 0.158. The molecule has 0 saturated carbocycles. The second-order valence-corrected chi connectivity index (χ2v) is 8.67. The van der Waals surface area contributed by atoms with Crippen LogP contribution in [0.5, 0.6) is 5.75 Å². The van der Waals surface area contributed by atoms with Gasteiger partial charge in [-0.3, -0.25) is 4.79 Å². The Kier molecular flexibility index (Phi) is 5.92. The van der Waals surface area contributed by atoms with Crippen LogP contribution in [-0.2, 0) is 11.2 Å². The summed E-state index contributed by atoms with van der Waals surface area (Å²) in [5.41, 5.74) is 5.24. The number of hydrogen-bond donors (Lipinski definition) is 1. The van der Waals surface area contributed by atoms with E-state index in [9.17, 15) is 4.79 Å². The zero-order chi connectivity index (χ0) is 22.1. The number of aromatic nitrogens is 5.